The first-order chi connectivity index (χ1) is 6.14. The second-order valence-corrected chi connectivity index (χ2v) is 4.58. The first-order valence-corrected chi connectivity index (χ1v) is 6.10. The second-order valence-electron chi connectivity index (χ2n) is 2.59. The zero-order valence-corrected chi connectivity index (χ0v) is 8.66. The largest absolute Gasteiger partial charge is 0.425 e. The van der Waals surface area contributed by atoms with E-state index in [-0.39, 0.29) is 0 Å². The van der Waals surface area contributed by atoms with Gasteiger partial charge in [-0.1, -0.05) is 18.2 Å². The van der Waals surface area contributed by atoms with Gasteiger partial charge < -0.3 is 9.05 Å². The molecule has 0 spiro atoms. The minimum atomic E-state index is -2.91. The van der Waals surface area contributed by atoms with Gasteiger partial charge in [-0.3, -0.25) is 0 Å². The molecule has 0 aromatic heterocycles. The molecule has 0 heterocycles. The van der Waals surface area contributed by atoms with Crippen LogP contribution in [0, 0.1) is 0 Å². The van der Waals surface area contributed by atoms with Crippen LogP contribution in [0.3, 0.4) is 0 Å². The molecule has 3 nitrogen and oxygen atoms in total. The Kier molecular flexibility index (Phi) is 3.52. The van der Waals surface area contributed by atoms with Gasteiger partial charge in [0.25, 0.3) is 0 Å². The average Bonchev–Trinajstić information content (AvgIpc) is 2.04. The molecule has 72 valence electrons. The maximum Gasteiger partial charge on any atom is 0.376 e. The van der Waals surface area contributed by atoms with E-state index in [1.54, 1.807) is 19.1 Å². The monoisotopic (exact) mass is 200 g/mol. The molecule has 4 heteroatoms. The summed E-state index contributed by atoms with van der Waals surface area (Å²) in [4.78, 5) is 0. The summed E-state index contributed by atoms with van der Waals surface area (Å²) in [7, 11) is -2.91. The Morgan fingerprint density at radius 2 is 1.92 bits per heavy atom. The SMILES string of the molecule is CCO[P@@](C)(=O)Oc1ccccc1. The lowest BCUT2D eigenvalue weighted by Crippen LogP contribution is -1.95. The molecule has 1 atom stereocenters. The Morgan fingerprint density at radius 3 is 2.46 bits per heavy atom. The van der Waals surface area contributed by atoms with Crippen LogP contribution in [0.4, 0.5) is 0 Å². The highest BCUT2D eigenvalue weighted by Crippen LogP contribution is 2.43. The molecule has 0 aliphatic heterocycles. The molecular weight excluding hydrogens is 187 g/mol. The highest BCUT2D eigenvalue weighted by atomic mass is 31.2. The summed E-state index contributed by atoms with van der Waals surface area (Å²) in [5.41, 5.74) is 0. The quantitative estimate of drug-likeness (QED) is 0.701. The van der Waals surface area contributed by atoms with Gasteiger partial charge in [0.15, 0.2) is 0 Å². The number of hydrogen-bond donors (Lipinski definition) is 0. The zero-order chi connectivity index (χ0) is 9.73. The van der Waals surface area contributed by atoms with Crippen molar-refractivity contribution < 1.29 is 13.6 Å². The fourth-order valence-electron chi connectivity index (χ4n) is 0.934. The lowest BCUT2D eigenvalue weighted by atomic mass is 10.3. The lowest BCUT2D eigenvalue weighted by molar-refractivity contribution is 0.284. The number of benzene rings is 1. The lowest BCUT2D eigenvalue weighted by Gasteiger charge is -2.13. The van der Waals surface area contributed by atoms with Crippen LogP contribution in [0.2, 0.25) is 0 Å². The number of para-hydroxylation sites is 1. The highest BCUT2D eigenvalue weighted by Gasteiger charge is 2.16. The highest BCUT2D eigenvalue weighted by molar-refractivity contribution is 7.53. The van der Waals surface area contributed by atoms with Crippen molar-refractivity contribution in [3.05, 3.63) is 30.3 Å². The summed E-state index contributed by atoms with van der Waals surface area (Å²) in [6.45, 7) is 3.63. The second kappa shape index (κ2) is 4.45. The molecule has 0 saturated heterocycles. The van der Waals surface area contributed by atoms with Crippen molar-refractivity contribution in [2.75, 3.05) is 13.3 Å². The summed E-state index contributed by atoms with van der Waals surface area (Å²) in [6.07, 6.45) is 0. The van der Waals surface area contributed by atoms with Crippen molar-refractivity contribution in [3.63, 3.8) is 0 Å². The molecule has 0 N–H and O–H groups in total. The van der Waals surface area contributed by atoms with Crippen molar-refractivity contribution >= 4 is 7.60 Å². The molecule has 0 radical (unpaired) electrons. The standard InChI is InChI=1S/C9H13O3P/c1-3-11-13(2,10)12-9-7-5-4-6-8-9/h4-8H,3H2,1-2H3/t13-/m1/s1. The van der Waals surface area contributed by atoms with Crippen LogP contribution in [-0.2, 0) is 9.09 Å². The fourth-order valence-corrected chi connectivity index (χ4v) is 1.96. The van der Waals surface area contributed by atoms with E-state index in [0.717, 1.165) is 0 Å². The predicted molar refractivity (Wildman–Crippen MR) is 52.2 cm³/mol. The van der Waals surface area contributed by atoms with Gasteiger partial charge in [-0.2, -0.15) is 0 Å². The Hall–Kier alpha value is -0.790. The predicted octanol–water partition coefficient (Wildman–Crippen LogP) is 2.92. The maximum atomic E-state index is 11.5. The van der Waals surface area contributed by atoms with Crippen LogP contribution >= 0.6 is 7.60 Å². The molecule has 0 aliphatic carbocycles. The molecule has 0 bridgehead atoms. The minimum absolute atomic E-state index is 0.389. The van der Waals surface area contributed by atoms with E-state index < -0.39 is 7.60 Å². The summed E-state index contributed by atoms with van der Waals surface area (Å²) in [5, 5.41) is 0. The number of hydrogen-bond acceptors (Lipinski definition) is 3. The van der Waals surface area contributed by atoms with Crippen LogP contribution in [0.25, 0.3) is 0 Å². The normalized spacial score (nSPS) is 14.9. The fraction of sp³-hybridized carbons (Fsp3) is 0.333. The molecule has 0 saturated carbocycles. The van der Waals surface area contributed by atoms with Gasteiger partial charge in [-0.25, -0.2) is 4.57 Å². The minimum Gasteiger partial charge on any atom is -0.425 e. The first kappa shape index (κ1) is 10.3. The van der Waals surface area contributed by atoms with Crippen LogP contribution in [0.15, 0.2) is 30.3 Å². The Balaban J connectivity index is 2.64. The van der Waals surface area contributed by atoms with E-state index in [2.05, 4.69) is 0 Å². The summed E-state index contributed by atoms with van der Waals surface area (Å²) < 4.78 is 21.7. The summed E-state index contributed by atoms with van der Waals surface area (Å²) in [5.74, 6) is 0.571. The van der Waals surface area contributed by atoms with Crippen molar-refractivity contribution in [2.24, 2.45) is 0 Å². The van der Waals surface area contributed by atoms with E-state index >= 15 is 0 Å². The molecule has 0 aliphatic rings. The van der Waals surface area contributed by atoms with E-state index in [0.29, 0.717) is 12.4 Å². The van der Waals surface area contributed by atoms with E-state index in [9.17, 15) is 4.57 Å². The molecule has 1 rings (SSSR count). The topological polar surface area (TPSA) is 35.5 Å². The van der Waals surface area contributed by atoms with E-state index in [1.165, 1.54) is 6.66 Å². The Bertz CT molecular complexity index is 297. The Labute approximate surface area is 78.2 Å². The van der Waals surface area contributed by atoms with Crippen LogP contribution in [0.5, 0.6) is 5.75 Å². The van der Waals surface area contributed by atoms with E-state index in [4.69, 9.17) is 9.05 Å². The van der Waals surface area contributed by atoms with Gasteiger partial charge in [0.2, 0.25) is 0 Å². The smallest absolute Gasteiger partial charge is 0.376 e. The third kappa shape index (κ3) is 3.62. The molecular formula is C9H13O3P. The molecule has 13 heavy (non-hydrogen) atoms. The molecule has 0 unspecified atom stereocenters. The number of rotatable bonds is 4. The molecule has 1 aromatic rings. The van der Waals surface area contributed by atoms with Gasteiger partial charge in [0, 0.05) is 6.66 Å². The molecule has 0 amide bonds. The van der Waals surface area contributed by atoms with E-state index in [1.807, 2.05) is 18.2 Å². The average molecular weight is 200 g/mol. The van der Waals surface area contributed by atoms with Gasteiger partial charge in [0.05, 0.1) is 6.61 Å². The van der Waals surface area contributed by atoms with Gasteiger partial charge in [0.1, 0.15) is 5.75 Å². The Morgan fingerprint density at radius 1 is 1.31 bits per heavy atom. The van der Waals surface area contributed by atoms with Gasteiger partial charge >= 0.3 is 7.60 Å². The zero-order valence-electron chi connectivity index (χ0n) is 7.77. The van der Waals surface area contributed by atoms with Crippen molar-refractivity contribution in [1.82, 2.24) is 0 Å². The molecule has 1 aromatic carbocycles. The van der Waals surface area contributed by atoms with Crippen LogP contribution in [-0.4, -0.2) is 13.3 Å². The third-order valence-corrected chi connectivity index (χ3v) is 2.65. The van der Waals surface area contributed by atoms with Gasteiger partial charge in [-0.15, -0.1) is 0 Å². The van der Waals surface area contributed by atoms with Gasteiger partial charge in [-0.05, 0) is 19.1 Å². The summed E-state index contributed by atoms with van der Waals surface area (Å²) in [6, 6.07) is 9.00. The van der Waals surface area contributed by atoms with Crippen LogP contribution in [0.1, 0.15) is 6.92 Å². The first-order valence-electron chi connectivity index (χ1n) is 4.11. The molecule has 0 fully saturated rings. The van der Waals surface area contributed by atoms with Crippen molar-refractivity contribution in [1.29, 1.82) is 0 Å². The third-order valence-electron chi connectivity index (χ3n) is 1.38. The van der Waals surface area contributed by atoms with Crippen LogP contribution < -0.4 is 4.52 Å². The maximum absolute atomic E-state index is 11.5. The van der Waals surface area contributed by atoms with Crippen molar-refractivity contribution in [3.8, 4) is 5.75 Å². The summed E-state index contributed by atoms with van der Waals surface area (Å²) >= 11 is 0. The van der Waals surface area contributed by atoms with Crippen molar-refractivity contribution in [2.45, 2.75) is 6.92 Å².